The molecule has 0 saturated carbocycles. The van der Waals surface area contributed by atoms with Crippen molar-refractivity contribution in [2.45, 2.75) is 25.7 Å². The molecule has 4 rings (SSSR count). The van der Waals surface area contributed by atoms with Crippen LogP contribution >= 0.6 is 0 Å². The summed E-state index contributed by atoms with van der Waals surface area (Å²) in [6, 6.07) is 3.90. The molecular weight excluding hydrogens is 254 g/mol. The van der Waals surface area contributed by atoms with Gasteiger partial charge in [-0.1, -0.05) is 19.4 Å². The zero-order valence-corrected chi connectivity index (χ0v) is 10.7. The highest BCUT2D eigenvalue weighted by Gasteiger charge is 2.54. The Hall–Kier alpha value is -1.04. The molecule has 0 spiro atoms. The van der Waals surface area contributed by atoms with Gasteiger partial charge >= 0.3 is 5.97 Å². The van der Waals surface area contributed by atoms with E-state index in [1.54, 1.807) is 0 Å². The number of ether oxygens (including phenoxy) is 3. The van der Waals surface area contributed by atoms with E-state index in [9.17, 15) is 8.78 Å². The van der Waals surface area contributed by atoms with Crippen LogP contribution in [0, 0.1) is 17.0 Å². The summed E-state index contributed by atoms with van der Waals surface area (Å²) in [5.41, 5.74) is -0.183. The molecule has 3 aliphatic heterocycles. The Morgan fingerprint density at radius 3 is 2.32 bits per heavy atom. The van der Waals surface area contributed by atoms with Crippen LogP contribution in [0.4, 0.5) is 8.78 Å². The standard InChI is InChI=1S/C14H16F2O3/c1-2-6-13-7-17-14(18-8-13,19-9-13)10-4-3-5-11(15)12(10)16/h3-5H,2,6-9H2,1H3. The molecule has 0 N–H and O–H groups in total. The van der Waals surface area contributed by atoms with E-state index in [2.05, 4.69) is 6.92 Å². The molecule has 3 fully saturated rings. The van der Waals surface area contributed by atoms with E-state index < -0.39 is 17.6 Å². The van der Waals surface area contributed by atoms with Gasteiger partial charge in [0.05, 0.1) is 25.4 Å². The van der Waals surface area contributed by atoms with Crippen LogP contribution in [0.2, 0.25) is 0 Å². The van der Waals surface area contributed by atoms with E-state index in [4.69, 9.17) is 14.2 Å². The number of benzene rings is 1. The fourth-order valence-electron chi connectivity index (χ4n) is 2.71. The molecule has 5 heteroatoms. The Balaban J connectivity index is 1.90. The highest BCUT2D eigenvalue weighted by atomic mass is 19.2. The fourth-order valence-corrected chi connectivity index (χ4v) is 2.71. The second kappa shape index (κ2) is 4.51. The average Bonchev–Trinajstić information content (AvgIpc) is 2.44. The predicted molar refractivity (Wildman–Crippen MR) is 63.2 cm³/mol. The lowest BCUT2D eigenvalue weighted by Crippen LogP contribution is -2.58. The van der Waals surface area contributed by atoms with Gasteiger partial charge in [-0.3, -0.25) is 0 Å². The smallest absolute Gasteiger partial charge is 0.315 e. The summed E-state index contributed by atoms with van der Waals surface area (Å²) >= 11 is 0. The maximum Gasteiger partial charge on any atom is 0.315 e. The van der Waals surface area contributed by atoms with Crippen LogP contribution < -0.4 is 0 Å². The lowest BCUT2D eigenvalue weighted by atomic mass is 9.83. The Morgan fingerprint density at radius 1 is 1.11 bits per heavy atom. The molecule has 3 nitrogen and oxygen atoms in total. The second-order valence-corrected chi connectivity index (χ2v) is 5.27. The third-order valence-electron chi connectivity index (χ3n) is 3.77. The summed E-state index contributed by atoms with van der Waals surface area (Å²) in [5, 5.41) is 0. The van der Waals surface area contributed by atoms with Crippen molar-refractivity contribution in [3.8, 4) is 0 Å². The van der Waals surface area contributed by atoms with Crippen LogP contribution in [0.5, 0.6) is 0 Å². The van der Waals surface area contributed by atoms with Gasteiger partial charge in [-0.05, 0) is 18.6 Å². The number of hydrogen-bond acceptors (Lipinski definition) is 3. The minimum absolute atomic E-state index is 0.0303. The molecule has 0 amide bonds. The highest BCUT2D eigenvalue weighted by Crippen LogP contribution is 2.46. The van der Waals surface area contributed by atoms with Gasteiger partial charge < -0.3 is 14.2 Å². The number of halogens is 2. The lowest BCUT2D eigenvalue weighted by molar-refractivity contribution is -0.481. The largest absolute Gasteiger partial charge is 0.323 e. The van der Waals surface area contributed by atoms with Crippen molar-refractivity contribution in [3.63, 3.8) is 0 Å². The number of hydrogen-bond donors (Lipinski definition) is 0. The van der Waals surface area contributed by atoms with Gasteiger partial charge in [-0.15, -0.1) is 0 Å². The van der Waals surface area contributed by atoms with Gasteiger partial charge in [0.15, 0.2) is 11.6 Å². The van der Waals surface area contributed by atoms with Crippen LogP contribution in [0.25, 0.3) is 0 Å². The molecular formula is C14H16F2O3. The number of fused-ring (bicyclic) bond motifs is 3. The summed E-state index contributed by atoms with van der Waals surface area (Å²) in [6.07, 6.45) is 1.92. The molecule has 104 valence electrons. The van der Waals surface area contributed by atoms with E-state index in [0.717, 1.165) is 18.9 Å². The van der Waals surface area contributed by atoms with Crippen LogP contribution in [0.15, 0.2) is 18.2 Å². The average molecular weight is 270 g/mol. The highest BCUT2D eigenvalue weighted by molar-refractivity contribution is 5.23. The summed E-state index contributed by atoms with van der Waals surface area (Å²) in [6.45, 7) is 3.40. The first-order valence-electron chi connectivity index (χ1n) is 6.47. The zero-order valence-electron chi connectivity index (χ0n) is 10.7. The van der Waals surface area contributed by atoms with Crippen LogP contribution in [0.3, 0.4) is 0 Å². The molecule has 0 radical (unpaired) electrons. The Kier molecular flexibility index (Phi) is 3.08. The third kappa shape index (κ3) is 1.96. The molecule has 19 heavy (non-hydrogen) atoms. The molecule has 0 aliphatic carbocycles. The fraction of sp³-hybridized carbons (Fsp3) is 0.571. The van der Waals surface area contributed by atoms with E-state index in [-0.39, 0.29) is 11.0 Å². The van der Waals surface area contributed by atoms with Crippen molar-refractivity contribution in [2.75, 3.05) is 19.8 Å². The Morgan fingerprint density at radius 2 is 1.74 bits per heavy atom. The molecule has 3 saturated heterocycles. The first kappa shape index (κ1) is 13.0. The molecule has 3 aliphatic rings. The molecule has 0 unspecified atom stereocenters. The van der Waals surface area contributed by atoms with Crippen LogP contribution in [-0.2, 0) is 20.2 Å². The summed E-state index contributed by atoms with van der Waals surface area (Å²) in [5.74, 6) is -3.49. The van der Waals surface area contributed by atoms with Gasteiger partial charge in [-0.25, -0.2) is 8.78 Å². The zero-order chi connectivity index (χ0) is 13.5. The van der Waals surface area contributed by atoms with Crippen molar-refractivity contribution >= 4 is 0 Å². The van der Waals surface area contributed by atoms with Gasteiger partial charge in [0, 0.05) is 5.41 Å². The molecule has 1 aromatic rings. The Labute approximate surface area is 110 Å². The molecule has 0 atom stereocenters. The maximum absolute atomic E-state index is 13.9. The second-order valence-electron chi connectivity index (χ2n) is 5.27. The summed E-state index contributed by atoms with van der Waals surface area (Å²) < 4.78 is 43.9. The first-order chi connectivity index (χ1) is 9.11. The van der Waals surface area contributed by atoms with E-state index in [1.165, 1.54) is 12.1 Å². The van der Waals surface area contributed by atoms with Gasteiger partial charge in [0.1, 0.15) is 0 Å². The van der Waals surface area contributed by atoms with Gasteiger partial charge in [-0.2, -0.15) is 0 Å². The Bertz CT molecular complexity index is 465. The monoisotopic (exact) mass is 270 g/mol. The van der Waals surface area contributed by atoms with Crippen LogP contribution in [-0.4, -0.2) is 19.8 Å². The van der Waals surface area contributed by atoms with Gasteiger partial charge in [0.2, 0.25) is 0 Å². The van der Waals surface area contributed by atoms with Crippen molar-refractivity contribution in [3.05, 3.63) is 35.4 Å². The molecule has 1 aromatic carbocycles. The van der Waals surface area contributed by atoms with E-state index >= 15 is 0 Å². The van der Waals surface area contributed by atoms with Crippen LogP contribution in [0.1, 0.15) is 25.3 Å². The molecule has 0 aromatic heterocycles. The minimum atomic E-state index is -1.58. The van der Waals surface area contributed by atoms with E-state index in [0.29, 0.717) is 19.8 Å². The third-order valence-corrected chi connectivity index (χ3v) is 3.77. The maximum atomic E-state index is 13.9. The topological polar surface area (TPSA) is 27.7 Å². The minimum Gasteiger partial charge on any atom is -0.323 e. The van der Waals surface area contributed by atoms with Crippen molar-refractivity contribution < 1.29 is 23.0 Å². The SMILES string of the molecule is CCCC12COC(c3cccc(F)c3F)(OC1)OC2. The van der Waals surface area contributed by atoms with Gasteiger partial charge in [0.25, 0.3) is 0 Å². The predicted octanol–water partition coefficient (Wildman–Crippen LogP) is 2.94. The van der Waals surface area contributed by atoms with Crippen molar-refractivity contribution in [2.24, 2.45) is 5.41 Å². The molecule has 3 heterocycles. The van der Waals surface area contributed by atoms with Crippen molar-refractivity contribution in [1.29, 1.82) is 0 Å². The first-order valence-corrected chi connectivity index (χ1v) is 6.47. The quantitative estimate of drug-likeness (QED) is 0.845. The van der Waals surface area contributed by atoms with E-state index in [1.807, 2.05) is 0 Å². The number of rotatable bonds is 3. The summed E-state index contributed by atoms with van der Waals surface area (Å²) in [4.78, 5) is 0. The lowest BCUT2D eigenvalue weighted by Gasteiger charge is -2.51. The normalized spacial score (nSPS) is 33.6. The van der Waals surface area contributed by atoms with Crippen molar-refractivity contribution in [1.82, 2.24) is 0 Å². The molecule has 2 bridgehead atoms. The summed E-state index contributed by atoms with van der Waals surface area (Å²) in [7, 11) is 0.